The molecule has 1 heterocycles. The van der Waals surface area contributed by atoms with E-state index >= 15 is 0 Å². The Morgan fingerprint density at radius 3 is 2.29 bits per heavy atom. The topological polar surface area (TPSA) is 90.9 Å². The zero-order chi connectivity index (χ0) is 12.6. The fourth-order valence-electron chi connectivity index (χ4n) is 1.37. The second-order valence-electron chi connectivity index (χ2n) is 3.72. The van der Waals surface area contributed by atoms with E-state index in [1.165, 1.54) is 23.9 Å². The van der Waals surface area contributed by atoms with Gasteiger partial charge in [0, 0.05) is 7.05 Å². The normalized spacial score (nSPS) is 11.6. The van der Waals surface area contributed by atoms with Crippen molar-refractivity contribution in [3.05, 3.63) is 29.8 Å². The summed E-state index contributed by atoms with van der Waals surface area (Å²) < 4.78 is 25.6. The van der Waals surface area contributed by atoms with Crippen LogP contribution in [0.4, 0.5) is 5.82 Å². The number of nitrogen functional groups attached to an aromatic ring is 1. The molecule has 0 unspecified atom stereocenters. The highest BCUT2D eigenvalue weighted by Crippen LogP contribution is 2.23. The van der Waals surface area contributed by atoms with Gasteiger partial charge in [0.1, 0.15) is 0 Å². The van der Waals surface area contributed by atoms with E-state index in [0.717, 1.165) is 5.56 Å². The van der Waals surface area contributed by atoms with Gasteiger partial charge in [0.2, 0.25) is 14.9 Å². The molecule has 0 bridgehead atoms. The lowest BCUT2D eigenvalue weighted by atomic mass is 10.2. The van der Waals surface area contributed by atoms with Crippen molar-refractivity contribution >= 4 is 15.7 Å². The molecular weight excluding hydrogens is 240 g/mol. The number of aromatic nitrogens is 3. The summed E-state index contributed by atoms with van der Waals surface area (Å²) in [6.07, 6.45) is 0. The SMILES string of the molecule is Cc1ccc(S(=O)(=O)c2nnn(C)c2N)cc1. The van der Waals surface area contributed by atoms with E-state index in [-0.39, 0.29) is 15.7 Å². The van der Waals surface area contributed by atoms with Gasteiger partial charge in [-0.15, -0.1) is 5.10 Å². The van der Waals surface area contributed by atoms with Gasteiger partial charge in [-0.2, -0.15) is 0 Å². The number of hydrogen-bond donors (Lipinski definition) is 1. The van der Waals surface area contributed by atoms with E-state index in [1.807, 2.05) is 6.92 Å². The summed E-state index contributed by atoms with van der Waals surface area (Å²) >= 11 is 0. The van der Waals surface area contributed by atoms with Gasteiger partial charge in [-0.25, -0.2) is 13.1 Å². The zero-order valence-corrected chi connectivity index (χ0v) is 10.3. The monoisotopic (exact) mass is 252 g/mol. The van der Waals surface area contributed by atoms with Crippen LogP contribution in [0.3, 0.4) is 0 Å². The van der Waals surface area contributed by atoms with Crippen molar-refractivity contribution in [3.8, 4) is 0 Å². The molecular formula is C10H12N4O2S. The molecule has 0 spiro atoms. The molecule has 1 aromatic carbocycles. The molecule has 0 saturated carbocycles. The van der Waals surface area contributed by atoms with E-state index in [4.69, 9.17) is 5.73 Å². The average molecular weight is 252 g/mol. The highest BCUT2D eigenvalue weighted by molar-refractivity contribution is 7.91. The number of hydrogen-bond acceptors (Lipinski definition) is 5. The number of aryl methyl sites for hydroxylation is 2. The second-order valence-corrected chi connectivity index (χ2v) is 5.58. The largest absolute Gasteiger partial charge is 0.381 e. The molecule has 0 atom stereocenters. The molecule has 0 aliphatic carbocycles. The summed E-state index contributed by atoms with van der Waals surface area (Å²) in [4.78, 5) is 0.162. The third-order valence-corrected chi connectivity index (χ3v) is 4.12. The van der Waals surface area contributed by atoms with Crippen LogP contribution in [0.15, 0.2) is 34.2 Å². The summed E-state index contributed by atoms with van der Waals surface area (Å²) in [6, 6.07) is 6.50. The van der Waals surface area contributed by atoms with E-state index in [9.17, 15) is 8.42 Å². The maximum Gasteiger partial charge on any atom is 0.229 e. The van der Waals surface area contributed by atoms with Crippen LogP contribution in [0.5, 0.6) is 0 Å². The van der Waals surface area contributed by atoms with Crippen LogP contribution in [0.25, 0.3) is 0 Å². The van der Waals surface area contributed by atoms with E-state index in [1.54, 1.807) is 12.1 Å². The van der Waals surface area contributed by atoms with Gasteiger partial charge in [0.05, 0.1) is 4.90 Å². The Hall–Kier alpha value is -1.89. The molecule has 6 nitrogen and oxygen atoms in total. The summed E-state index contributed by atoms with van der Waals surface area (Å²) in [5.41, 5.74) is 6.60. The number of benzene rings is 1. The van der Waals surface area contributed by atoms with Crippen LogP contribution in [0.1, 0.15) is 5.56 Å². The lowest BCUT2D eigenvalue weighted by molar-refractivity contribution is 0.592. The predicted octanol–water partition coefficient (Wildman–Crippen LogP) is 0.539. The molecule has 17 heavy (non-hydrogen) atoms. The van der Waals surface area contributed by atoms with Gasteiger partial charge in [0.25, 0.3) is 0 Å². The van der Waals surface area contributed by atoms with Gasteiger partial charge >= 0.3 is 0 Å². The molecule has 2 rings (SSSR count). The molecule has 0 aliphatic heterocycles. The van der Waals surface area contributed by atoms with Crippen LogP contribution in [0.2, 0.25) is 0 Å². The quantitative estimate of drug-likeness (QED) is 0.842. The van der Waals surface area contributed by atoms with E-state index in [2.05, 4.69) is 10.3 Å². The third-order valence-electron chi connectivity index (χ3n) is 2.42. The lowest BCUT2D eigenvalue weighted by Gasteiger charge is -2.02. The Balaban J connectivity index is 2.58. The third kappa shape index (κ3) is 1.89. The minimum Gasteiger partial charge on any atom is -0.381 e. The fourth-order valence-corrected chi connectivity index (χ4v) is 2.64. The van der Waals surface area contributed by atoms with Gasteiger partial charge in [-0.05, 0) is 19.1 Å². The van der Waals surface area contributed by atoms with Crippen LogP contribution in [0, 0.1) is 6.92 Å². The highest BCUT2D eigenvalue weighted by atomic mass is 32.2. The van der Waals surface area contributed by atoms with Gasteiger partial charge < -0.3 is 5.73 Å². The molecule has 1 aromatic heterocycles. The van der Waals surface area contributed by atoms with Gasteiger partial charge in [0.15, 0.2) is 5.82 Å². The first kappa shape index (κ1) is 11.6. The molecule has 2 N–H and O–H groups in total. The molecule has 0 saturated heterocycles. The first-order valence-corrected chi connectivity index (χ1v) is 6.38. The molecule has 0 fully saturated rings. The van der Waals surface area contributed by atoms with Gasteiger partial charge in [-0.1, -0.05) is 22.9 Å². The Labute approximate surface area is 99.0 Å². The van der Waals surface area contributed by atoms with Crippen molar-refractivity contribution in [1.29, 1.82) is 0 Å². The number of nitrogens with two attached hydrogens (primary N) is 1. The molecule has 0 aliphatic rings. The number of nitrogens with zero attached hydrogens (tertiary/aromatic N) is 3. The van der Waals surface area contributed by atoms with Crippen molar-refractivity contribution in [2.45, 2.75) is 16.8 Å². The van der Waals surface area contributed by atoms with E-state index < -0.39 is 9.84 Å². The summed E-state index contributed by atoms with van der Waals surface area (Å²) in [5, 5.41) is 6.97. The smallest absolute Gasteiger partial charge is 0.229 e. The van der Waals surface area contributed by atoms with Crippen molar-refractivity contribution < 1.29 is 8.42 Å². The first-order chi connectivity index (χ1) is 7.93. The van der Waals surface area contributed by atoms with Crippen molar-refractivity contribution in [2.75, 3.05) is 5.73 Å². The first-order valence-electron chi connectivity index (χ1n) is 4.90. The number of sulfone groups is 1. The van der Waals surface area contributed by atoms with Crippen LogP contribution >= 0.6 is 0 Å². The van der Waals surface area contributed by atoms with Crippen molar-refractivity contribution in [3.63, 3.8) is 0 Å². The Bertz CT molecular complexity index is 643. The average Bonchev–Trinajstić information content (AvgIpc) is 2.61. The van der Waals surface area contributed by atoms with Crippen LogP contribution in [-0.2, 0) is 16.9 Å². The maximum atomic E-state index is 12.2. The summed E-state index contributed by atoms with van der Waals surface area (Å²) in [7, 11) is -2.15. The zero-order valence-electron chi connectivity index (χ0n) is 9.45. The minimum absolute atomic E-state index is 0.0329. The minimum atomic E-state index is -3.69. The fraction of sp³-hybridized carbons (Fsp3) is 0.200. The number of rotatable bonds is 2. The van der Waals surface area contributed by atoms with Crippen molar-refractivity contribution in [1.82, 2.24) is 15.0 Å². The Kier molecular flexibility index (Phi) is 2.62. The summed E-state index contributed by atoms with van der Waals surface area (Å²) in [6.45, 7) is 1.88. The predicted molar refractivity (Wildman–Crippen MR) is 62.0 cm³/mol. The molecule has 2 aromatic rings. The Morgan fingerprint density at radius 1 is 1.24 bits per heavy atom. The number of anilines is 1. The molecule has 0 amide bonds. The van der Waals surface area contributed by atoms with Crippen LogP contribution in [-0.4, -0.2) is 23.4 Å². The lowest BCUT2D eigenvalue weighted by Crippen LogP contribution is -2.07. The second kappa shape index (κ2) is 3.85. The van der Waals surface area contributed by atoms with Crippen LogP contribution < -0.4 is 5.73 Å². The summed E-state index contributed by atoms with van der Waals surface area (Å²) in [5.74, 6) is 0.0329. The molecule has 0 radical (unpaired) electrons. The van der Waals surface area contributed by atoms with Crippen molar-refractivity contribution in [2.24, 2.45) is 7.05 Å². The standard InChI is InChI=1S/C10H12N4O2S/c1-7-3-5-8(6-4-7)17(15,16)10-9(11)14(2)13-12-10/h3-6H,11H2,1-2H3. The maximum absolute atomic E-state index is 12.2. The Morgan fingerprint density at radius 2 is 1.82 bits per heavy atom. The molecule has 7 heteroatoms. The van der Waals surface area contributed by atoms with E-state index in [0.29, 0.717) is 0 Å². The molecule has 90 valence electrons. The van der Waals surface area contributed by atoms with Gasteiger partial charge in [-0.3, -0.25) is 0 Å². The highest BCUT2D eigenvalue weighted by Gasteiger charge is 2.25.